The number of rotatable bonds is 2. The van der Waals surface area contributed by atoms with Crippen LogP contribution in [0.1, 0.15) is 17.5 Å². The van der Waals surface area contributed by atoms with Gasteiger partial charge in [0.2, 0.25) is 0 Å². The Hall–Kier alpha value is -0.350. The largest absolute Gasteiger partial charge is 0.375 e. The van der Waals surface area contributed by atoms with Crippen molar-refractivity contribution in [3.8, 4) is 0 Å². The molecule has 1 rings (SSSR count). The van der Waals surface area contributed by atoms with Crippen molar-refractivity contribution in [2.75, 3.05) is 11.1 Å². The standard InChI is InChI=1S/C8H11BrN2S/c1-3-6(4-9)7-5(2)11-8(10)12-7/h3H,4H2,1-2H3,(H2,10,11)/b6-3-. The van der Waals surface area contributed by atoms with E-state index in [-0.39, 0.29) is 0 Å². The fourth-order valence-corrected chi connectivity index (χ4v) is 2.68. The maximum absolute atomic E-state index is 5.59. The van der Waals surface area contributed by atoms with Gasteiger partial charge in [-0.15, -0.1) is 0 Å². The number of halogens is 1. The lowest BCUT2D eigenvalue weighted by atomic mass is 10.2. The van der Waals surface area contributed by atoms with Gasteiger partial charge in [0.15, 0.2) is 5.13 Å². The van der Waals surface area contributed by atoms with Crippen LogP contribution in [0.5, 0.6) is 0 Å². The van der Waals surface area contributed by atoms with Gasteiger partial charge in [-0.3, -0.25) is 0 Å². The molecule has 1 aromatic rings. The van der Waals surface area contributed by atoms with E-state index in [0.29, 0.717) is 5.13 Å². The first kappa shape index (κ1) is 9.74. The first-order chi connectivity index (χ1) is 5.69. The van der Waals surface area contributed by atoms with Crippen LogP contribution in [0, 0.1) is 6.92 Å². The number of aromatic nitrogens is 1. The summed E-state index contributed by atoms with van der Waals surface area (Å²) >= 11 is 4.97. The average Bonchev–Trinajstić information content (AvgIpc) is 2.34. The number of nitrogens with zero attached hydrogens (tertiary/aromatic N) is 1. The topological polar surface area (TPSA) is 38.9 Å². The zero-order valence-electron chi connectivity index (χ0n) is 7.10. The third kappa shape index (κ3) is 1.87. The van der Waals surface area contributed by atoms with E-state index in [1.54, 1.807) is 0 Å². The zero-order valence-corrected chi connectivity index (χ0v) is 9.50. The van der Waals surface area contributed by atoms with E-state index in [1.165, 1.54) is 21.8 Å². The summed E-state index contributed by atoms with van der Waals surface area (Å²) < 4.78 is 0. The Morgan fingerprint density at radius 3 is 2.75 bits per heavy atom. The molecule has 4 heteroatoms. The van der Waals surface area contributed by atoms with Crippen molar-refractivity contribution in [3.05, 3.63) is 16.6 Å². The minimum atomic E-state index is 0.641. The molecule has 0 aliphatic heterocycles. The van der Waals surface area contributed by atoms with Gasteiger partial charge in [-0.05, 0) is 19.4 Å². The van der Waals surface area contributed by atoms with Gasteiger partial charge >= 0.3 is 0 Å². The first-order valence-electron chi connectivity index (χ1n) is 3.63. The molecule has 0 aromatic carbocycles. The summed E-state index contributed by atoms with van der Waals surface area (Å²) in [5, 5.41) is 1.49. The summed E-state index contributed by atoms with van der Waals surface area (Å²) in [6.45, 7) is 4.00. The minimum absolute atomic E-state index is 0.641. The van der Waals surface area contributed by atoms with Crippen LogP contribution in [0.4, 0.5) is 5.13 Å². The number of anilines is 1. The summed E-state index contributed by atoms with van der Waals surface area (Å²) in [6, 6.07) is 0. The Balaban J connectivity index is 3.09. The molecule has 1 heterocycles. The van der Waals surface area contributed by atoms with Crippen LogP contribution in [0.15, 0.2) is 6.08 Å². The monoisotopic (exact) mass is 246 g/mol. The molecule has 0 atom stereocenters. The molecule has 2 nitrogen and oxygen atoms in total. The normalized spacial score (nSPS) is 12.1. The van der Waals surface area contributed by atoms with Gasteiger partial charge in [-0.2, -0.15) is 0 Å². The zero-order chi connectivity index (χ0) is 9.14. The van der Waals surface area contributed by atoms with Crippen LogP contribution in [0.3, 0.4) is 0 Å². The second-order valence-electron chi connectivity index (χ2n) is 2.41. The van der Waals surface area contributed by atoms with E-state index >= 15 is 0 Å². The van der Waals surface area contributed by atoms with Crippen molar-refractivity contribution in [1.29, 1.82) is 0 Å². The highest BCUT2D eigenvalue weighted by Crippen LogP contribution is 2.28. The van der Waals surface area contributed by atoms with E-state index in [9.17, 15) is 0 Å². The van der Waals surface area contributed by atoms with E-state index in [4.69, 9.17) is 5.73 Å². The Bertz CT molecular complexity index is 304. The highest BCUT2D eigenvalue weighted by Gasteiger charge is 2.08. The van der Waals surface area contributed by atoms with Crippen LogP contribution < -0.4 is 5.73 Å². The third-order valence-corrected chi connectivity index (χ3v) is 3.26. The molecule has 0 saturated carbocycles. The van der Waals surface area contributed by atoms with Crippen molar-refractivity contribution in [3.63, 3.8) is 0 Å². The molecule has 0 radical (unpaired) electrons. The number of nitrogen functional groups attached to an aromatic ring is 1. The fraction of sp³-hybridized carbons (Fsp3) is 0.375. The first-order valence-corrected chi connectivity index (χ1v) is 5.57. The van der Waals surface area contributed by atoms with Crippen molar-refractivity contribution in [1.82, 2.24) is 4.98 Å². The fourth-order valence-electron chi connectivity index (χ4n) is 0.984. The molecule has 0 amide bonds. The van der Waals surface area contributed by atoms with Gasteiger partial charge in [-0.1, -0.05) is 33.3 Å². The SMILES string of the molecule is C/C=C(/CBr)c1sc(N)nc1C. The lowest BCUT2D eigenvalue weighted by molar-refractivity contribution is 1.26. The quantitative estimate of drug-likeness (QED) is 0.816. The van der Waals surface area contributed by atoms with Crippen molar-refractivity contribution in [2.24, 2.45) is 0 Å². The number of alkyl halides is 1. The average molecular weight is 247 g/mol. The predicted molar refractivity (Wildman–Crippen MR) is 58.7 cm³/mol. The lowest BCUT2D eigenvalue weighted by Gasteiger charge is -1.98. The van der Waals surface area contributed by atoms with Crippen molar-refractivity contribution < 1.29 is 0 Å². The smallest absolute Gasteiger partial charge is 0.180 e. The molecule has 66 valence electrons. The molecule has 1 aromatic heterocycles. The van der Waals surface area contributed by atoms with Gasteiger partial charge in [0, 0.05) is 5.33 Å². The van der Waals surface area contributed by atoms with E-state index in [2.05, 4.69) is 27.0 Å². The number of aryl methyl sites for hydroxylation is 1. The summed E-state index contributed by atoms with van der Waals surface area (Å²) in [6.07, 6.45) is 2.08. The van der Waals surface area contributed by atoms with Crippen LogP contribution in [0.2, 0.25) is 0 Å². The summed E-state index contributed by atoms with van der Waals surface area (Å²) in [4.78, 5) is 5.35. The maximum atomic E-state index is 5.59. The molecule has 0 bridgehead atoms. The summed E-state index contributed by atoms with van der Waals surface area (Å²) in [7, 11) is 0. The number of hydrogen-bond donors (Lipinski definition) is 1. The second kappa shape index (κ2) is 4.05. The molecule has 0 saturated heterocycles. The highest BCUT2D eigenvalue weighted by atomic mass is 79.9. The second-order valence-corrected chi connectivity index (χ2v) is 4.01. The highest BCUT2D eigenvalue weighted by molar-refractivity contribution is 9.09. The van der Waals surface area contributed by atoms with Crippen molar-refractivity contribution in [2.45, 2.75) is 13.8 Å². The van der Waals surface area contributed by atoms with E-state index in [0.717, 1.165) is 11.0 Å². The molecule has 0 spiro atoms. The van der Waals surface area contributed by atoms with Crippen LogP contribution in [0.25, 0.3) is 5.57 Å². The minimum Gasteiger partial charge on any atom is -0.375 e. The van der Waals surface area contributed by atoms with Gasteiger partial charge in [0.1, 0.15) is 0 Å². The Labute approximate surface area is 84.6 Å². The van der Waals surface area contributed by atoms with E-state index in [1.807, 2.05) is 13.8 Å². The summed E-state index contributed by atoms with van der Waals surface area (Å²) in [5.41, 5.74) is 7.86. The Morgan fingerprint density at radius 2 is 2.42 bits per heavy atom. The molecule has 0 fully saturated rings. The van der Waals surface area contributed by atoms with Gasteiger partial charge in [-0.25, -0.2) is 4.98 Å². The number of allylic oxidation sites excluding steroid dienone is 2. The number of nitrogens with two attached hydrogens (primary N) is 1. The summed E-state index contributed by atoms with van der Waals surface area (Å²) in [5.74, 6) is 0. The van der Waals surface area contributed by atoms with Crippen molar-refractivity contribution >= 4 is 38.0 Å². The molecule has 0 unspecified atom stereocenters. The number of thiazole rings is 1. The Morgan fingerprint density at radius 1 is 1.75 bits per heavy atom. The van der Waals surface area contributed by atoms with Crippen LogP contribution >= 0.6 is 27.3 Å². The lowest BCUT2D eigenvalue weighted by Crippen LogP contribution is -1.84. The van der Waals surface area contributed by atoms with Crippen LogP contribution in [-0.4, -0.2) is 10.3 Å². The molecule has 12 heavy (non-hydrogen) atoms. The molecular formula is C8H11BrN2S. The third-order valence-electron chi connectivity index (χ3n) is 1.60. The van der Waals surface area contributed by atoms with Gasteiger partial charge < -0.3 is 5.73 Å². The van der Waals surface area contributed by atoms with E-state index < -0.39 is 0 Å². The van der Waals surface area contributed by atoms with Gasteiger partial charge in [0.25, 0.3) is 0 Å². The number of hydrogen-bond acceptors (Lipinski definition) is 3. The predicted octanol–water partition coefficient (Wildman–Crippen LogP) is 2.83. The Kier molecular flexibility index (Phi) is 3.29. The molecule has 2 N–H and O–H groups in total. The van der Waals surface area contributed by atoms with Crippen LogP contribution in [-0.2, 0) is 0 Å². The molecular weight excluding hydrogens is 236 g/mol. The molecule has 0 aliphatic rings. The molecule has 0 aliphatic carbocycles. The van der Waals surface area contributed by atoms with Gasteiger partial charge in [0.05, 0.1) is 10.6 Å². The maximum Gasteiger partial charge on any atom is 0.180 e.